The number of halogens is 1. The Balaban J connectivity index is 1.98. The molecule has 0 bridgehead atoms. The Hall–Kier alpha value is -0.610. The normalized spacial score (nSPS) is 19.1. The van der Waals surface area contributed by atoms with Gasteiger partial charge in [-0.05, 0) is 63.6 Å². The summed E-state index contributed by atoms with van der Waals surface area (Å²) in [5, 5.41) is 0.794. The van der Waals surface area contributed by atoms with Gasteiger partial charge in [0.15, 0.2) is 0 Å². The fourth-order valence-electron chi connectivity index (χ4n) is 3.28. The zero-order valence-corrected chi connectivity index (χ0v) is 14.1. The maximum atomic E-state index is 6.16. The van der Waals surface area contributed by atoms with Gasteiger partial charge >= 0.3 is 0 Å². The Morgan fingerprint density at radius 2 is 1.86 bits per heavy atom. The number of hydrogen-bond donors (Lipinski definition) is 1. The van der Waals surface area contributed by atoms with Gasteiger partial charge in [-0.15, -0.1) is 0 Å². The van der Waals surface area contributed by atoms with E-state index >= 15 is 0 Å². The molecule has 1 heterocycles. The summed E-state index contributed by atoms with van der Waals surface area (Å²) in [6.07, 6.45) is 3.55. The predicted octanol–water partition coefficient (Wildman–Crippen LogP) is 2.98. The van der Waals surface area contributed by atoms with Crippen LogP contribution in [0.5, 0.6) is 0 Å². The molecule has 1 saturated heterocycles. The van der Waals surface area contributed by atoms with E-state index in [-0.39, 0.29) is 5.54 Å². The van der Waals surface area contributed by atoms with Crippen LogP contribution in [0.15, 0.2) is 24.3 Å². The molecule has 1 aliphatic heterocycles. The van der Waals surface area contributed by atoms with Crippen LogP contribution in [-0.4, -0.2) is 48.6 Å². The fraction of sp³-hybridized carbons (Fsp3) is 0.647. The minimum Gasteiger partial charge on any atom is -0.329 e. The van der Waals surface area contributed by atoms with Crippen LogP contribution in [0.3, 0.4) is 0 Å². The fourth-order valence-corrected chi connectivity index (χ4v) is 3.41. The van der Waals surface area contributed by atoms with Gasteiger partial charge in [0.25, 0.3) is 0 Å². The van der Waals surface area contributed by atoms with Crippen LogP contribution in [-0.2, 0) is 6.54 Å². The van der Waals surface area contributed by atoms with Gasteiger partial charge in [0.1, 0.15) is 0 Å². The molecule has 1 fully saturated rings. The average molecular weight is 310 g/mol. The van der Waals surface area contributed by atoms with E-state index in [2.05, 4.69) is 35.9 Å². The third-order valence-electron chi connectivity index (χ3n) is 4.85. The van der Waals surface area contributed by atoms with Crippen molar-refractivity contribution in [1.29, 1.82) is 0 Å². The first-order valence-corrected chi connectivity index (χ1v) is 8.35. The molecule has 0 saturated carbocycles. The highest BCUT2D eigenvalue weighted by molar-refractivity contribution is 6.30. The Labute approximate surface area is 134 Å². The van der Waals surface area contributed by atoms with Crippen LogP contribution in [0, 0.1) is 0 Å². The highest BCUT2D eigenvalue weighted by Gasteiger charge is 2.36. The lowest BCUT2D eigenvalue weighted by Crippen LogP contribution is -2.57. The van der Waals surface area contributed by atoms with Crippen molar-refractivity contribution in [3.05, 3.63) is 34.9 Å². The standard InChI is InChI=1S/C17H28ClN3/c1-3-10-21-11-8-17(14-19,9-12-21)20(2)13-15-4-6-16(18)7-5-15/h4-7H,3,8-14,19H2,1-2H3. The molecule has 118 valence electrons. The minimum absolute atomic E-state index is 0.143. The Bertz CT molecular complexity index is 424. The summed E-state index contributed by atoms with van der Waals surface area (Å²) in [7, 11) is 2.21. The highest BCUT2D eigenvalue weighted by atomic mass is 35.5. The molecule has 21 heavy (non-hydrogen) atoms. The number of nitrogens with two attached hydrogens (primary N) is 1. The molecule has 0 aromatic heterocycles. The minimum atomic E-state index is 0.143. The van der Waals surface area contributed by atoms with E-state index in [4.69, 9.17) is 17.3 Å². The summed E-state index contributed by atoms with van der Waals surface area (Å²) < 4.78 is 0. The summed E-state index contributed by atoms with van der Waals surface area (Å²) in [6, 6.07) is 8.14. The van der Waals surface area contributed by atoms with E-state index in [9.17, 15) is 0 Å². The number of rotatable bonds is 6. The third kappa shape index (κ3) is 4.19. The Kier molecular flexibility index (Phi) is 6.06. The molecule has 3 nitrogen and oxygen atoms in total. The lowest BCUT2D eigenvalue weighted by molar-refractivity contribution is 0.0401. The first-order valence-electron chi connectivity index (χ1n) is 7.98. The number of nitrogens with zero attached hydrogens (tertiary/aromatic N) is 2. The van der Waals surface area contributed by atoms with Crippen molar-refractivity contribution in [3.63, 3.8) is 0 Å². The summed E-state index contributed by atoms with van der Waals surface area (Å²) in [5.74, 6) is 0. The van der Waals surface area contributed by atoms with Crippen LogP contribution >= 0.6 is 11.6 Å². The highest BCUT2D eigenvalue weighted by Crippen LogP contribution is 2.28. The molecular weight excluding hydrogens is 282 g/mol. The average Bonchev–Trinajstić information content (AvgIpc) is 2.51. The molecule has 2 N–H and O–H groups in total. The van der Waals surface area contributed by atoms with E-state index < -0.39 is 0 Å². The van der Waals surface area contributed by atoms with Gasteiger partial charge < -0.3 is 10.6 Å². The molecule has 0 spiro atoms. The molecular formula is C17H28ClN3. The number of benzene rings is 1. The van der Waals surface area contributed by atoms with Gasteiger partial charge in [-0.2, -0.15) is 0 Å². The summed E-state index contributed by atoms with van der Waals surface area (Å²) in [5.41, 5.74) is 7.59. The van der Waals surface area contributed by atoms with Crippen molar-refractivity contribution in [1.82, 2.24) is 9.80 Å². The zero-order chi connectivity index (χ0) is 15.3. The van der Waals surface area contributed by atoms with Crippen molar-refractivity contribution >= 4 is 11.6 Å². The SMILES string of the molecule is CCCN1CCC(CN)(N(C)Cc2ccc(Cl)cc2)CC1. The predicted molar refractivity (Wildman–Crippen MR) is 90.7 cm³/mol. The first-order chi connectivity index (χ1) is 10.1. The summed E-state index contributed by atoms with van der Waals surface area (Å²) >= 11 is 5.96. The molecule has 1 aromatic carbocycles. The van der Waals surface area contributed by atoms with E-state index in [1.807, 2.05) is 12.1 Å². The quantitative estimate of drug-likeness (QED) is 0.877. The van der Waals surface area contributed by atoms with E-state index in [1.54, 1.807) is 0 Å². The number of hydrogen-bond acceptors (Lipinski definition) is 3. The van der Waals surface area contributed by atoms with Crippen LogP contribution in [0.2, 0.25) is 5.02 Å². The lowest BCUT2D eigenvalue weighted by Gasteiger charge is -2.47. The van der Waals surface area contributed by atoms with Crippen LogP contribution in [0.4, 0.5) is 0 Å². The van der Waals surface area contributed by atoms with Gasteiger partial charge in [0.05, 0.1) is 0 Å². The molecule has 4 heteroatoms. The van der Waals surface area contributed by atoms with Gasteiger partial charge in [-0.3, -0.25) is 4.90 Å². The largest absolute Gasteiger partial charge is 0.329 e. The monoisotopic (exact) mass is 309 g/mol. The molecule has 0 aliphatic carbocycles. The number of likely N-dealkylation sites (N-methyl/N-ethyl adjacent to an activating group) is 1. The van der Waals surface area contributed by atoms with Gasteiger partial charge in [0.2, 0.25) is 0 Å². The van der Waals surface area contributed by atoms with Gasteiger partial charge in [-0.25, -0.2) is 0 Å². The molecule has 2 rings (SSSR count). The molecule has 1 aromatic rings. The van der Waals surface area contributed by atoms with Crippen molar-refractivity contribution < 1.29 is 0 Å². The summed E-state index contributed by atoms with van der Waals surface area (Å²) in [6.45, 7) is 7.45. The van der Waals surface area contributed by atoms with Gasteiger partial charge in [0, 0.05) is 23.7 Å². The molecule has 1 aliphatic rings. The second-order valence-corrected chi connectivity index (χ2v) is 6.69. The van der Waals surface area contributed by atoms with Gasteiger partial charge in [-0.1, -0.05) is 30.7 Å². The van der Waals surface area contributed by atoms with Crippen molar-refractivity contribution in [3.8, 4) is 0 Å². The maximum Gasteiger partial charge on any atom is 0.0406 e. The maximum absolute atomic E-state index is 6.16. The van der Waals surface area contributed by atoms with E-state index in [0.717, 1.165) is 44.0 Å². The second kappa shape index (κ2) is 7.59. The summed E-state index contributed by atoms with van der Waals surface area (Å²) in [4.78, 5) is 5.00. The molecule has 0 amide bonds. The van der Waals surface area contributed by atoms with Crippen molar-refractivity contribution in [2.45, 2.75) is 38.3 Å². The van der Waals surface area contributed by atoms with Crippen LogP contribution < -0.4 is 5.73 Å². The first kappa shape index (κ1) is 16.8. The molecule has 0 radical (unpaired) electrons. The number of piperidine rings is 1. The molecule has 0 atom stereocenters. The number of likely N-dealkylation sites (tertiary alicyclic amines) is 1. The van der Waals surface area contributed by atoms with E-state index in [0.29, 0.717) is 0 Å². The van der Waals surface area contributed by atoms with E-state index in [1.165, 1.54) is 18.5 Å². The van der Waals surface area contributed by atoms with Crippen LogP contribution in [0.25, 0.3) is 0 Å². The van der Waals surface area contributed by atoms with Crippen molar-refractivity contribution in [2.24, 2.45) is 5.73 Å². The Morgan fingerprint density at radius 3 is 2.38 bits per heavy atom. The second-order valence-electron chi connectivity index (χ2n) is 6.25. The third-order valence-corrected chi connectivity index (χ3v) is 5.10. The topological polar surface area (TPSA) is 32.5 Å². The lowest BCUT2D eigenvalue weighted by atomic mass is 9.85. The molecule has 0 unspecified atom stereocenters. The Morgan fingerprint density at radius 1 is 1.24 bits per heavy atom. The van der Waals surface area contributed by atoms with Crippen LogP contribution in [0.1, 0.15) is 31.7 Å². The smallest absolute Gasteiger partial charge is 0.0406 e. The van der Waals surface area contributed by atoms with Crippen molar-refractivity contribution in [2.75, 3.05) is 33.2 Å². The zero-order valence-electron chi connectivity index (χ0n) is 13.3.